The first-order valence-corrected chi connectivity index (χ1v) is 6.43. The Labute approximate surface area is 112 Å². The molecule has 2 aromatic rings. The largest absolute Gasteiger partial charge is 0.377 e. The van der Waals surface area contributed by atoms with Gasteiger partial charge in [-0.25, -0.2) is 0 Å². The molecular weight excluding hydrogens is 238 g/mol. The van der Waals surface area contributed by atoms with Crippen LogP contribution >= 0.6 is 0 Å². The van der Waals surface area contributed by atoms with Gasteiger partial charge >= 0.3 is 0 Å². The summed E-state index contributed by atoms with van der Waals surface area (Å²) in [4.78, 5) is 6.61. The highest BCUT2D eigenvalue weighted by Crippen LogP contribution is 2.31. The van der Waals surface area contributed by atoms with Crippen molar-refractivity contribution in [3.63, 3.8) is 0 Å². The standard InChI is InChI=1S/C15H15N3O/c1-11-10-19-7-6-18(11)15-12(8-16)9-17-14-5-3-2-4-13(14)15/h2-5,9,11H,6-7,10H2,1H3. The summed E-state index contributed by atoms with van der Waals surface area (Å²) >= 11 is 0. The molecule has 4 nitrogen and oxygen atoms in total. The minimum Gasteiger partial charge on any atom is -0.377 e. The van der Waals surface area contributed by atoms with Gasteiger partial charge in [0, 0.05) is 24.2 Å². The molecule has 2 heterocycles. The van der Waals surface area contributed by atoms with Gasteiger partial charge in [-0.15, -0.1) is 0 Å². The van der Waals surface area contributed by atoms with E-state index in [-0.39, 0.29) is 6.04 Å². The number of para-hydroxylation sites is 1. The molecule has 1 saturated heterocycles. The zero-order valence-corrected chi connectivity index (χ0v) is 10.8. The van der Waals surface area contributed by atoms with E-state index in [1.54, 1.807) is 6.20 Å². The molecule has 1 atom stereocenters. The first kappa shape index (κ1) is 11.9. The summed E-state index contributed by atoms with van der Waals surface area (Å²) in [7, 11) is 0. The van der Waals surface area contributed by atoms with Gasteiger partial charge in [-0.05, 0) is 13.0 Å². The number of aromatic nitrogens is 1. The Hall–Kier alpha value is -2.12. The molecule has 0 radical (unpaired) electrons. The number of pyridine rings is 1. The maximum Gasteiger partial charge on any atom is 0.103 e. The molecule has 0 bridgehead atoms. The number of nitriles is 1. The van der Waals surface area contributed by atoms with E-state index in [0.29, 0.717) is 18.8 Å². The summed E-state index contributed by atoms with van der Waals surface area (Å²) in [6.45, 7) is 4.33. The van der Waals surface area contributed by atoms with E-state index >= 15 is 0 Å². The van der Waals surface area contributed by atoms with Crippen molar-refractivity contribution in [3.05, 3.63) is 36.0 Å². The smallest absolute Gasteiger partial charge is 0.103 e. The number of morpholine rings is 1. The SMILES string of the molecule is CC1COCCN1c1c(C#N)cnc2ccccc12. The Morgan fingerprint density at radius 2 is 2.26 bits per heavy atom. The fourth-order valence-corrected chi connectivity index (χ4v) is 2.58. The highest BCUT2D eigenvalue weighted by atomic mass is 16.5. The van der Waals surface area contributed by atoms with Crippen LogP contribution in [0.25, 0.3) is 10.9 Å². The average molecular weight is 253 g/mol. The summed E-state index contributed by atoms with van der Waals surface area (Å²) in [5, 5.41) is 10.4. The Morgan fingerprint density at radius 3 is 3.05 bits per heavy atom. The van der Waals surface area contributed by atoms with Crippen molar-refractivity contribution in [2.75, 3.05) is 24.7 Å². The summed E-state index contributed by atoms with van der Waals surface area (Å²) in [6, 6.07) is 10.5. The van der Waals surface area contributed by atoms with Crippen molar-refractivity contribution >= 4 is 16.6 Å². The van der Waals surface area contributed by atoms with E-state index in [9.17, 15) is 5.26 Å². The molecule has 19 heavy (non-hydrogen) atoms. The predicted molar refractivity (Wildman–Crippen MR) is 74.1 cm³/mol. The van der Waals surface area contributed by atoms with E-state index < -0.39 is 0 Å². The first-order valence-electron chi connectivity index (χ1n) is 6.43. The summed E-state index contributed by atoms with van der Waals surface area (Å²) in [5.74, 6) is 0. The lowest BCUT2D eigenvalue weighted by molar-refractivity contribution is 0.0990. The van der Waals surface area contributed by atoms with Crippen molar-refractivity contribution in [1.82, 2.24) is 4.98 Å². The van der Waals surface area contributed by atoms with Crippen molar-refractivity contribution < 1.29 is 4.74 Å². The Balaban J connectivity index is 2.22. The van der Waals surface area contributed by atoms with Gasteiger partial charge in [0.1, 0.15) is 6.07 Å². The van der Waals surface area contributed by atoms with Gasteiger partial charge in [-0.1, -0.05) is 18.2 Å². The molecule has 0 N–H and O–H groups in total. The number of fused-ring (bicyclic) bond motifs is 1. The fraction of sp³-hybridized carbons (Fsp3) is 0.333. The van der Waals surface area contributed by atoms with Gasteiger partial charge in [0.2, 0.25) is 0 Å². The molecule has 1 aromatic heterocycles. The molecule has 0 aliphatic carbocycles. The Morgan fingerprint density at radius 1 is 1.42 bits per heavy atom. The predicted octanol–water partition coefficient (Wildman–Crippen LogP) is 2.33. The number of anilines is 1. The van der Waals surface area contributed by atoms with Gasteiger partial charge in [-0.3, -0.25) is 4.98 Å². The van der Waals surface area contributed by atoms with Crippen LogP contribution < -0.4 is 4.90 Å². The van der Waals surface area contributed by atoms with Crippen LogP contribution in [0.3, 0.4) is 0 Å². The second-order valence-electron chi connectivity index (χ2n) is 4.77. The van der Waals surface area contributed by atoms with Crippen LogP contribution in [0.15, 0.2) is 30.5 Å². The van der Waals surface area contributed by atoms with Crippen LogP contribution in [0.5, 0.6) is 0 Å². The normalized spacial score (nSPS) is 19.4. The summed E-state index contributed by atoms with van der Waals surface area (Å²) in [6.07, 6.45) is 1.67. The molecule has 1 fully saturated rings. The van der Waals surface area contributed by atoms with Crippen molar-refractivity contribution in [3.8, 4) is 6.07 Å². The highest BCUT2D eigenvalue weighted by Gasteiger charge is 2.23. The summed E-state index contributed by atoms with van der Waals surface area (Å²) < 4.78 is 5.48. The van der Waals surface area contributed by atoms with Crippen LogP contribution in [-0.2, 0) is 4.74 Å². The minimum absolute atomic E-state index is 0.270. The monoisotopic (exact) mass is 253 g/mol. The van der Waals surface area contributed by atoms with E-state index in [1.165, 1.54) is 0 Å². The number of hydrogen-bond acceptors (Lipinski definition) is 4. The van der Waals surface area contributed by atoms with Crippen molar-refractivity contribution in [2.45, 2.75) is 13.0 Å². The maximum absolute atomic E-state index is 9.35. The van der Waals surface area contributed by atoms with Crippen molar-refractivity contribution in [2.24, 2.45) is 0 Å². The zero-order chi connectivity index (χ0) is 13.2. The van der Waals surface area contributed by atoms with Crippen molar-refractivity contribution in [1.29, 1.82) is 5.26 Å². The molecule has 1 aliphatic heterocycles. The number of nitrogens with zero attached hydrogens (tertiary/aromatic N) is 3. The quantitative estimate of drug-likeness (QED) is 0.782. The van der Waals surface area contributed by atoms with Crippen LogP contribution in [0.1, 0.15) is 12.5 Å². The lowest BCUT2D eigenvalue weighted by Gasteiger charge is -2.36. The van der Waals surface area contributed by atoms with Gasteiger partial charge in [-0.2, -0.15) is 5.26 Å². The average Bonchev–Trinajstić information content (AvgIpc) is 2.47. The lowest BCUT2D eigenvalue weighted by atomic mass is 10.1. The van der Waals surface area contributed by atoms with Crippen LogP contribution in [0.4, 0.5) is 5.69 Å². The molecule has 4 heteroatoms. The molecular formula is C15H15N3O. The van der Waals surface area contributed by atoms with E-state index in [1.807, 2.05) is 24.3 Å². The Kier molecular flexibility index (Phi) is 3.06. The molecule has 0 saturated carbocycles. The molecule has 3 rings (SSSR count). The minimum atomic E-state index is 0.270. The second-order valence-corrected chi connectivity index (χ2v) is 4.77. The number of ether oxygens (including phenoxy) is 1. The molecule has 1 aliphatic rings. The fourth-order valence-electron chi connectivity index (χ4n) is 2.58. The van der Waals surface area contributed by atoms with E-state index in [2.05, 4.69) is 22.9 Å². The zero-order valence-electron chi connectivity index (χ0n) is 10.8. The third-order valence-corrected chi connectivity index (χ3v) is 3.52. The molecule has 0 amide bonds. The first-order chi connectivity index (χ1) is 9.31. The number of benzene rings is 1. The van der Waals surface area contributed by atoms with Gasteiger partial charge < -0.3 is 9.64 Å². The Bertz CT molecular complexity index is 647. The lowest BCUT2D eigenvalue weighted by Crippen LogP contribution is -2.44. The topological polar surface area (TPSA) is 49.1 Å². The van der Waals surface area contributed by atoms with E-state index in [0.717, 1.165) is 23.1 Å². The molecule has 96 valence electrons. The van der Waals surface area contributed by atoms with Gasteiger partial charge in [0.25, 0.3) is 0 Å². The third kappa shape index (κ3) is 2.02. The number of hydrogen-bond donors (Lipinski definition) is 0. The molecule has 1 unspecified atom stereocenters. The molecule has 0 spiro atoms. The van der Waals surface area contributed by atoms with Crippen LogP contribution in [0, 0.1) is 11.3 Å². The highest BCUT2D eigenvalue weighted by molar-refractivity contribution is 5.94. The second kappa shape index (κ2) is 4.87. The maximum atomic E-state index is 9.35. The van der Waals surface area contributed by atoms with E-state index in [4.69, 9.17) is 4.74 Å². The number of rotatable bonds is 1. The van der Waals surface area contributed by atoms with Crippen LogP contribution in [0.2, 0.25) is 0 Å². The summed E-state index contributed by atoms with van der Waals surface area (Å²) in [5.41, 5.74) is 2.55. The van der Waals surface area contributed by atoms with Gasteiger partial charge in [0.15, 0.2) is 0 Å². The molecule has 1 aromatic carbocycles. The van der Waals surface area contributed by atoms with Gasteiger partial charge in [0.05, 0.1) is 30.0 Å². The third-order valence-electron chi connectivity index (χ3n) is 3.52. The van der Waals surface area contributed by atoms with Crippen LogP contribution in [-0.4, -0.2) is 30.8 Å².